The number of hydrogen-bond acceptors (Lipinski definition) is 0. The minimum atomic E-state index is 1.26. The maximum atomic E-state index is 2.36. The Morgan fingerprint density at radius 1 is 0.310 bits per heavy atom. The standard InChI is InChI=1S/C29H56/c1-3-5-7-9-11-13-15-17-19-21-23-25-27-29-28-26-24-22-20-18-16-14-12-10-8-6-4-2/h25,27-29H,3-24,26H2,1-2H3. The van der Waals surface area contributed by atoms with Crippen LogP contribution in [0.25, 0.3) is 0 Å². The second-order valence-electron chi connectivity index (χ2n) is 9.15. The summed E-state index contributed by atoms with van der Waals surface area (Å²) >= 11 is 0. The third-order valence-electron chi connectivity index (χ3n) is 6.08. The molecular formula is C29H56. The first kappa shape index (κ1) is 28.5. The largest absolute Gasteiger partial charge is 0.0845 e. The van der Waals surface area contributed by atoms with Gasteiger partial charge in [-0.3, -0.25) is 0 Å². The monoisotopic (exact) mass is 404 g/mol. The fraction of sp³-hybridized carbons (Fsp3) is 0.862. The van der Waals surface area contributed by atoms with Crippen LogP contribution in [0.4, 0.5) is 0 Å². The zero-order valence-corrected chi connectivity index (χ0v) is 20.6. The van der Waals surface area contributed by atoms with E-state index in [0.29, 0.717) is 0 Å². The molecule has 0 aliphatic rings. The second kappa shape index (κ2) is 27.5. The topological polar surface area (TPSA) is 0 Å². The predicted octanol–water partition coefficient (Wildman–Crippen LogP) is 11.1. The van der Waals surface area contributed by atoms with Gasteiger partial charge in [0.05, 0.1) is 0 Å². The van der Waals surface area contributed by atoms with Crippen LogP contribution in [-0.2, 0) is 0 Å². The van der Waals surface area contributed by atoms with E-state index in [2.05, 4.69) is 38.2 Å². The molecule has 0 atom stereocenters. The summed E-state index contributed by atoms with van der Waals surface area (Å²) in [4.78, 5) is 0. The fourth-order valence-electron chi connectivity index (χ4n) is 4.03. The van der Waals surface area contributed by atoms with Crippen LogP contribution in [0.1, 0.15) is 162 Å². The smallest absolute Gasteiger partial charge is 0.0348 e. The van der Waals surface area contributed by atoms with Gasteiger partial charge in [-0.2, -0.15) is 0 Å². The normalized spacial score (nSPS) is 11.9. The number of allylic oxidation sites excluding steroid dienone is 4. The van der Waals surface area contributed by atoms with Crippen molar-refractivity contribution >= 4 is 0 Å². The van der Waals surface area contributed by atoms with Crippen LogP contribution in [-0.4, -0.2) is 0 Å². The third-order valence-corrected chi connectivity index (χ3v) is 6.08. The lowest BCUT2D eigenvalue weighted by molar-refractivity contribution is 0.550. The molecule has 0 radical (unpaired) electrons. The molecule has 0 bridgehead atoms. The summed E-state index contributed by atoms with van der Waals surface area (Å²) in [6, 6.07) is 0. The van der Waals surface area contributed by atoms with E-state index >= 15 is 0 Å². The molecule has 0 heterocycles. The maximum absolute atomic E-state index is 2.36. The van der Waals surface area contributed by atoms with Gasteiger partial charge in [-0.25, -0.2) is 0 Å². The van der Waals surface area contributed by atoms with E-state index in [1.54, 1.807) is 0 Å². The molecule has 0 aromatic rings. The molecule has 0 aliphatic carbocycles. The average Bonchev–Trinajstić information content (AvgIpc) is 2.74. The van der Waals surface area contributed by atoms with E-state index < -0.39 is 0 Å². The Labute approximate surface area is 186 Å². The van der Waals surface area contributed by atoms with Gasteiger partial charge in [-0.1, -0.05) is 160 Å². The molecule has 0 saturated carbocycles. The van der Waals surface area contributed by atoms with Crippen LogP contribution < -0.4 is 0 Å². The first-order chi connectivity index (χ1) is 14.4. The molecule has 0 aromatic carbocycles. The molecule has 0 nitrogen and oxygen atoms in total. The summed E-state index contributed by atoms with van der Waals surface area (Å²) in [6.07, 6.45) is 41.9. The molecule has 0 spiro atoms. The molecule has 0 aliphatic heterocycles. The van der Waals surface area contributed by atoms with Crippen molar-refractivity contribution in [2.75, 3.05) is 0 Å². The van der Waals surface area contributed by atoms with Gasteiger partial charge in [0.1, 0.15) is 0 Å². The van der Waals surface area contributed by atoms with Crippen LogP contribution in [0.3, 0.4) is 0 Å². The van der Waals surface area contributed by atoms with Gasteiger partial charge >= 0.3 is 0 Å². The molecule has 0 heteroatoms. The number of unbranched alkanes of at least 4 members (excludes halogenated alkanes) is 21. The van der Waals surface area contributed by atoms with Crippen LogP contribution in [0.15, 0.2) is 24.3 Å². The zero-order chi connectivity index (χ0) is 21.1. The van der Waals surface area contributed by atoms with Crippen LogP contribution >= 0.6 is 0 Å². The summed E-state index contributed by atoms with van der Waals surface area (Å²) in [5, 5.41) is 0. The van der Waals surface area contributed by atoms with Crippen molar-refractivity contribution in [1.29, 1.82) is 0 Å². The Kier molecular flexibility index (Phi) is 27.0. The van der Waals surface area contributed by atoms with E-state index in [9.17, 15) is 0 Å². The Morgan fingerprint density at radius 2 is 0.552 bits per heavy atom. The molecule has 0 unspecified atom stereocenters. The number of hydrogen-bond donors (Lipinski definition) is 0. The lowest BCUT2D eigenvalue weighted by Gasteiger charge is -2.01. The van der Waals surface area contributed by atoms with Gasteiger partial charge in [-0.05, 0) is 25.7 Å². The van der Waals surface area contributed by atoms with Crippen molar-refractivity contribution in [2.24, 2.45) is 0 Å². The van der Waals surface area contributed by atoms with E-state index in [-0.39, 0.29) is 0 Å². The van der Waals surface area contributed by atoms with E-state index in [1.807, 2.05) is 0 Å². The van der Waals surface area contributed by atoms with Gasteiger partial charge in [0.15, 0.2) is 0 Å². The van der Waals surface area contributed by atoms with Gasteiger partial charge in [-0.15, -0.1) is 0 Å². The van der Waals surface area contributed by atoms with Gasteiger partial charge in [0.25, 0.3) is 0 Å². The quantitative estimate of drug-likeness (QED) is 0.111. The number of rotatable bonds is 24. The molecule has 0 amide bonds. The minimum absolute atomic E-state index is 1.26. The minimum Gasteiger partial charge on any atom is -0.0845 e. The SMILES string of the molecule is CCCCCCCCCCCCC=CC=CCCCCCCCCCCCCC. The van der Waals surface area contributed by atoms with E-state index in [4.69, 9.17) is 0 Å². The lowest BCUT2D eigenvalue weighted by Crippen LogP contribution is -1.82. The summed E-state index contributed by atoms with van der Waals surface area (Å²) < 4.78 is 0. The summed E-state index contributed by atoms with van der Waals surface area (Å²) in [5.74, 6) is 0. The van der Waals surface area contributed by atoms with Crippen molar-refractivity contribution in [3.05, 3.63) is 24.3 Å². The third kappa shape index (κ3) is 27.5. The lowest BCUT2D eigenvalue weighted by atomic mass is 10.1. The summed E-state index contributed by atoms with van der Waals surface area (Å²) in [7, 11) is 0. The fourth-order valence-corrected chi connectivity index (χ4v) is 4.03. The first-order valence-corrected chi connectivity index (χ1v) is 13.7. The molecule has 0 N–H and O–H groups in total. The van der Waals surface area contributed by atoms with Crippen LogP contribution in [0, 0.1) is 0 Å². The highest BCUT2D eigenvalue weighted by atomic mass is 14.0. The molecule has 29 heavy (non-hydrogen) atoms. The molecule has 0 rings (SSSR count). The Hall–Kier alpha value is -0.520. The van der Waals surface area contributed by atoms with Crippen molar-refractivity contribution in [3.8, 4) is 0 Å². The van der Waals surface area contributed by atoms with Gasteiger partial charge in [0, 0.05) is 0 Å². The Balaban J connectivity index is 3.14. The Bertz CT molecular complexity index is 325. The average molecular weight is 405 g/mol. The van der Waals surface area contributed by atoms with Gasteiger partial charge < -0.3 is 0 Å². The maximum Gasteiger partial charge on any atom is -0.0348 e. The predicted molar refractivity (Wildman–Crippen MR) is 136 cm³/mol. The van der Waals surface area contributed by atoms with Crippen molar-refractivity contribution in [1.82, 2.24) is 0 Å². The highest BCUT2D eigenvalue weighted by Crippen LogP contribution is 2.13. The molecule has 0 fully saturated rings. The van der Waals surface area contributed by atoms with E-state index in [1.165, 1.54) is 148 Å². The van der Waals surface area contributed by atoms with Crippen LogP contribution in [0.5, 0.6) is 0 Å². The molecule has 0 aromatic heterocycles. The van der Waals surface area contributed by atoms with Crippen molar-refractivity contribution in [2.45, 2.75) is 162 Å². The molecule has 172 valence electrons. The van der Waals surface area contributed by atoms with Gasteiger partial charge in [0.2, 0.25) is 0 Å². The van der Waals surface area contributed by atoms with Crippen molar-refractivity contribution < 1.29 is 0 Å². The van der Waals surface area contributed by atoms with E-state index in [0.717, 1.165) is 0 Å². The zero-order valence-electron chi connectivity index (χ0n) is 20.6. The summed E-state index contributed by atoms with van der Waals surface area (Å²) in [5.41, 5.74) is 0. The summed E-state index contributed by atoms with van der Waals surface area (Å²) in [6.45, 7) is 4.59. The molecular weight excluding hydrogens is 348 g/mol. The van der Waals surface area contributed by atoms with Crippen molar-refractivity contribution in [3.63, 3.8) is 0 Å². The highest BCUT2D eigenvalue weighted by molar-refractivity contribution is 5.02. The first-order valence-electron chi connectivity index (χ1n) is 13.7. The highest BCUT2D eigenvalue weighted by Gasteiger charge is 1.93. The van der Waals surface area contributed by atoms with Crippen LogP contribution in [0.2, 0.25) is 0 Å². The second-order valence-corrected chi connectivity index (χ2v) is 9.15. The molecule has 0 saturated heterocycles. The Morgan fingerprint density at radius 3 is 0.828 bits per heavy atom.